The highest BCUT2D eigenvalue weighted by molar-refractivity contribution is 8.13. The Morgan fingerprint density at radius 1 is 1.29 bits per heavy atom. The predicted octanol–water partition coefficient (Wildman–Crippen LogP) is 2.16. The summed E-state index contributed by atoms with van der Waals surface area (Å²) in [7, 11) is 1.68. The Labute approximate surface area is 127 Å². The molecule has 1 atom stereocenters. The molecule has 1 amide bonds. The van der Waals surface area contributed by atoms with Gasteiger partial charge in [-0.2, -0.15) is 0 Å². The molecule has 2 aromatic rings. The van der Waals surface area contributed by atoms with E-state index in [1.54, 1.807) is 17.3 Å². The van der Waals surface area contributed by atoms with Crippen LogP contribution >= 0.6 is 10.7 Å². The van der Waals surface area contributed by atoms with Crippen molar-refractivity contribution in [2.45, 2.75) is 6.42 Å². The summed E-state index contributed by atoms with van der Waals surface area (Å²) in [6.45, 7) is 0.376. The Balaban J connectivity index is 1.87. The van der Waals surface area contributed by atoms with Crippen LogP contribution in [0.2, 0.25) is 0 Å². The van der Waals surface area contributed by atoms with E-state index in [4.69, 9.17) is 10.7 Å². The van der Waals surface area contributed by atoms with Crippen molar-refractivity contribution < 1.29 is 13.2 Å². The number of nitrogens with zero attached hydrogens (tertiary/aromatic N) is 2. The van der Waals surface area contributed by atoms with Gasteiger partial charge in [-0.15, -0.1) is 0 Å². The molecule has 110 valence electrons. The molecule has 0 bridgehead atoms. The van der Waals surface area contributed by atoms with E-state index in [9.17, 15) is 13.2 Å². The lowest BCUT2D eigenvalue weighted by Gasteiger charge is -2.17. The first-order valence-corrected chi connectivity index (χ1v) is 8.97. The van der Waals surface area contributed by atoms with Crippen LogP contribution in [0.15, 0.2) is 36.7 Å². The monoisotopic (exact) mass is 324 g/mol. The number of anilines is 1. The number of amides is 1. The van der Waals surface area contributed by atoms with Gasteiger partial charge in [-0.25, -0.2) is 8.42 Å². The van der Waals surface area contributed by atoms with Crippen LogP contribution in [0.25, 0.3) is 10.8 Å². The second kappa shape index (κ2) is 5.27. The Morgan fingerprint density at radius 3 is 2.86 bits per heavy atom. The summed E-state index contributed by atoms with van der Waals surface area (Å²) < 4.78 is 22.3. The summed E-state index contributed by atoms with van der Waals surface area (Å²) in [6.07, 6.45) is 3.66. The van der Waals surface area contributed by atoms with E-state index in [0.717, 1.165) is 16.5 Å². The highest BCUT2D eigenvalue weighted by Crippen LogP contribution is 2.28. The first kappa shape index (κ1) is 14.3. The number of hydrogen-bond acceptors (Lipinski definition) is 4. The third kappa shape index (κ3) is 3.16. The van der Waals surface area contributed by atoms with Crippen LogP contribution in [-0.4, -0.2) is 31.6 Å². The maximum atomic E-state index is 12.1. The molecule has 1 saturated heterocycles. The molecule has 0 aliphatic carbocycles. The molecule has 5 nitrogen and oxygen atoms in total. The standard InChI is InChI=1S/C14H13ClN2O3S/c15-21(19,20)9-10-5-14(18)17(8-10)13-2-1-12-7-16-4-3-11(12)6-13/h1-4,6-7,10H,5,8-9H2. The van der Waals surface area contributed by atoms with Gasteiger partial charge in [0.2, 0.25) is 15.0 Å². The zero-order chi connectivity index (χ0) is 15.0. The number of rotatable bonds is 3. The van der Waals surface area contributed by atoms with E-state index in [-0.39, 0.29) is 24.0 Å². The number of pyridine rings is 1. The molecule has 1 aromatic heterocycles. The van der Waals surface area contributed by atoms with Gasteiger partial charge in [0.25, 0.3) is 0 Å². The summed E-state index contributed by atoms with van der Waals surface area (Å²) in [6, 6.07) is 7.53. The number of halogens is 1. The molecule has 2 heterocycles. The highest BCUT2D eigenvalue weighted by Gasteiger charge is 2.33. The van der Waals surface area contributed by atoms with Gasteiger partial charge in [0, 0.05) is 53.0 Å². The molecule has 0 radical (unpaired) electrons. The summed E-state index contributed by atoms with van der Waals surface area (Å²) >= 11 is 0. The quantitative estimate of drug-likeness (QED) is 0.811. The van der Waals surface area contributed by atoms with E-state index >= 15 is 0 Å². The van der Waals surface area contributed by atoms with Gasteiger partial charge in [-0.05, 0) is 23.6 Å². The van der Waals surface area contributed by atoms with E-state index in [2.05, 4.69) is 4.98 Å². The lowest BCUT2D eigenvalue weighted by molar-refractivity contribution is -0.117. The maximum absolute atomic E-state index is 12.1. The lowest BCUT2D eigenvalue weighted by Crippen LogP contribution is -2.25. The number of carbonyl (C=O) groups is 1. The second-order valence-electron chi connectivity index (χ2n) is 5.19. The van der Waals surface area contributed by atoms with E-state index in [1.807, 2.05) is 24.3 Å². The molecule has 1 unspecified atom stereocenters. The molecule has 21 heavy (non-hydrogen) atoms. The third-order valence-corrected chi connectivity index (χ3v) is 4.82. The van der Waals surface area contributed by atoms with Crippen LogP contribution in [0.4, 0.5) is 5.69 Å². The van der Waals surface area contributed by atoms with Crippen molar-refractivity contribution in [3.8, 4) is 0 Å². The van der Waals surface area contributed by atoms with Crippen molar-refractivity contribution in [3.63, 3.8) is 0 Å². The molecule has 1 fully saturated rings. The Morgan fingerprint density at radius 2 is 2.10 bits per heavy atom. The van der Waals surface area contributed by atoms with Crippen LogP contribution in [0.1, 0.15) is 6.42 Å². The molecular formula is C14H13ClN2O3S. The minimum absolute atomic E-state index is 0.0753. The molecule has 1 aliphatic rings. The first-order chi connectivity index (χ1) is 9.92. The van der Waals surface area contributed by atoms with Crippen molar-refractivity contribution in [2.75, 3.05) is 17.2 Å². The van der Waals surface area contributed by atoms with Gasteiger partial charge >= 0.3 is 0 Å². The summed E-state index contributed by atoms with van der Waals surface area (Å²) in [5.74, 6) is -0.504. The van der Waals surface area contributed by atoms with Gasteiger partial charge in [0.1, 0.15) is 0 Å². The van der Waals surface area contributed by atoms with Crippen LogP contribution < -0.4 is 4.90 Å². The lowest BCUT2D eigenvalue weighted by atomic mass is 10.1. The van der Waals surface area contributed by atoms with Gasteiger partial charge in [0.15, 0.2) is 0 Å². The Bertz CT molecular complexity index is 807. The summed E-state index contributed by atoms with van der Waals surface area (Å²) in [5, 5.41) is 1.98. The summed E-state index contributed by atoms with van der Waals surface area (Å²) in [4.78, 5) is 17.7. The molecule has 0 N–H and O–H groups in total. The van der Waals surface area contributed by atoms with E-state index in [0.29, 0.717) is 6.54 Å². The van der Waals surface area contributed by atoms with E-state index < -0.39 is 9.05 Å². The minimum Gasteiger partial charge on any atom is -0.312 e. The first-order valence-electron chi connectivity index (χ1n) is 6.49. The van der Waals surface area contributed by atoms with Crippen molar-refractivity contribution in [1.29, 1.82) is 0 Å². The molecule has 1 aliphatic heterocycles. The molecule has 7 heteroatoms. The maximum Gasteiger partial charge on any atom is 0.232 e. The van der Waals surface area contributed by atoms with E-state index in [1.165, 1.54) is 0 Å². The van der Waals surface area contributed by atoms with Gasteiger partial charge in [0.05, 0.1) is 5.75 Å². The van der Waals surface area contributed by atoms with Crippen LogP contribution in [0, 0.1) is 5.92 Å². The average molecular weight is 325 g/mol. The van der Waals surface area contributed by atoms with Crippen molar-refractivity contribution in [3.05, 3.63) is 36.7 Å². The number of carbonyl (C=O) groups excluding carboxylic acids is 1. The number of hydrogen-bond donors (Lipinski definition) is 0. The minimum atomic E-state index is -3.59. The van der Waals surface area contributed by atoms with Crippen molar-refractivity contribution >= 4 is 42.1 Å². The molecule has 3 rings (SSSR count). The molecule has 1 aromatic carbocycles. The van der Waals surface area contributed by atoms with Gasteiger partial charge in [-0.3, -0.25) is 9.78 Å². The van der Waals surface area contributed by atoms with Crippen LogP contribution in [-0.2, 0) is 13.8 Å². The van der Waals surface area contributed by atoms with Gasteiger partial charge < -0.3 is 4.90 Å². The summed E-state index contributed by atoms with van der Waals surface area (Å²) in [5.41, 5.74) is 0.771. The van der Waals surface area contributed by atoms with Crippen LogP contribution in [0.5, 0.6) is 0 Å². The highest BCUT2D eigenvalue weighted by atomic mass is 35.7. The zero-order valence-electron chi connectivity index (χ0n) is 11.1. The number of fused-ring (bicyclic) bond motifs is 1. The fourth-order valence-corrected chi connectivity index (χ4v) is 3.98. The zero-order valence-corrected chi connectivity index (χ0v) is 12.6. The Hall–Kier alpha value is -1.66. The fraction of sp³-hybridized carbons (Fsp3) is 0.286. The number of aromatic nitrogens is 1. The average Bonchev–Trinajstić information content (AvgIpc) is 2.76. The van der Waals surface area contributed by atoms with Crippen molar-refractivity contribution in [1.82, 2.24) is 4.98 Å². The Kier molecular flexibility index (Phi) is 3.59. The third-order valence-electron chi connectivity index (χ3n) is 3.58. The van der Waals surface area contributed by atoms with Crippen molar-refractivity contribution in [2.24, 2.45) is 5.92 Å². The normalized spacial score (nSPS) is 19.4. The predicted molar refractivity (Wildman–Crippen MR) is 81.8 cm³/mol. The topological polar surface area (TPSA) is 67.3 Å². The SMILES string of the molecule is O=C1CC(CS(=O)(=O)Cl)CN1c1ccc2cnccc2c1. The smallest absolute Gasteiger partial charge is 0.232 e. The number of benzene rings is 1. The van der Waals surface area contributed by atoms with Gasteiger partial charge in [-0.1, -0.05) is 6.07 Å². The molecular weight excluding hydrogens is 312 g/mol. The molecule has 0 spiro atoms. The largest absolute Gasteiger partial charge is 0.312 e. The van der Waals surface area contributed by atoms with Crippen LogP contribution in [0.3, 0.4) is 0 Å². The fourth-order valence-electron chi connectivity index (χ4n) is 2.66. The molecule has 0 saturated carbocycles. The second-order valence-corrected chi connectivity index (χ2v) is 8.01.